The van der Waals surface area contributed by atoms with Crippen molar-refractivity contribution >= 4 is 24.0 Å². The van der Waals surface area contributed by atoms with Gasteiger partial charge in [0.05, 0.1) is 18.1 Å². The summed E-state index contributed by atoms with van der Waals surface area (Å²) in [7, 11) is 0. The van der Waals surface area contributed by atoms with Crippen molar-refractivity contribution in [2.75, 3.05) is 5.32 Å². The van der Waals surface area contributed by atoms with Gasteiger partial charge in [-0.3, -0.25) is 4.79 Å². The lowest BCUT2D eigenvalue weighted by molar-refractivity contribution is -0.119. The first-order valence-electron chi connectivity index (χ1n) is 6.75. The molecule has 1 amide bonds. The average Bonchev–Trinajstić information content (AvgIpc) is 2.75. The maximum atomic E-state index is 12.0. The Hall–Kier alpha value is -1.20. The van der Waals surface area contributed by atoms with Gasteiger partial charge < -0.3 is 11.1 Å². The number of aromatic nitrogens is 2. The molecule has 1 aromatic heterocycles. The van der Waals surface area contributed by atoms with Crippen LogP contribution in [-0.2, 0) is 10.2 Å². The number of nitrogens with one attached hydrogen (secondary N) is 1. The SMILES string of the molecule is CC(C)(C)c1ncc(NC(=O)C2CCC(N)C2)cn1.Cl. The molecule has 1 aliphatic rings. The lowest BCUT2D eigenvalue weighted by Crippen LogP contribution is -2.23. The second-order valence-electron chi connectivity index (χ2n) is 6.30. The molecular formula is C14H23ClN4O. The zero-order chi connectivity index (χ0) is 14.0. The van der Waals surface area contributed by atoms with E-state index in [0.29, 0.717) is 5.69 Å². The molecule has 1 fully saturated rings. The van der Waals surface area contributed by atoms with Crippen molar-refractivity contribution in [3.63, 3.8) is 0 Å². The Bertz CT molecular complexity index is 455. The summed E-state index contributed by atoms with van der Waals surface area (Å²) in [5, 5.41) is 2.86. The molecule has 0 aromatic carbocycles. The Labute approximate surface area is 126 Å². The minimum Gasteiger partial charge on any atom is -0.328 e. The first-order valence-corrected chi connectivity index (χ1v) is 6.75. The molecule has 6 heteroatoms. The molecule has 0 aliphatic heterocycles. The van der Waals surface area contributed by atoms with Crippen LogP contribution in [0.15, 0.2) is 12.4 Å². The quantitative estimate of drug-likeness (QED) is 0.877. The number of anilines is 1. The Kier molecular flexibility index (Phi) is 5.48. The number of carbonyl (C=O) groups is 1. The molecule has 20 heavy (non-hydrogen) atoms. The maximum absolute atomic E-state index is 12.0. The number of amides is 1. The van der Waals surface area contributed by atoms with Gasteiger partial charge in [0.25, 0.3) is 0 Å². The molecule has 0 spiro atoms. The topological polar surface area (TPSA) is 80.9 Å². The van der Waals surface area contributed by atoms with Gasteiger partial charge in [-0.15, -0.1) is 12.4 Å². The van der Waals surface area contributed by atoms with E-state index in [9.17, 15) is 4.79 Å². The Morgan fingerprint density at radius 3 is 2.35 bits per heavy atom. The van der Waals surface area contributed by atoms with E-state index in [-0.39, 0.29) is 35.7 Å². The molecule has 2 rings (SSSR count). The van der Waals surface area contributed by atoms with Gasteiger partial charge in [-0.25, -0.2) is 9.97 Å². The van der Waals surface area contributed by atoms with Gasteiger partial charge in [0.1, 0.15) is 5.82 Å². The number of carbonyl (C=O) groups excluding carboxylic acids is 1. The molecule has 5 nitrogen and oxygen atoms in total. The van der Waals surface area contributed by atoms with E-state index in [4.69, 9.17) is 5.73 Å². The van der Waals surface area contributed by atoms with Crippen molar-refractivity contribution in [2.45, 2.75) is 51.5 Å². The van der Waals surface area contributed by atoms with Crippen molar-refractivity contribution in [3.8, 4) is 0 Å². The highest BCUT2D eigenvalue weighted by Gasteiger charge is 2.27. The van der Waals surface area contributed by atoms with E-state index >= 15 is 0 Å². The van der Waals surface area contributed by atoms with Crippen LogP contribution < -0.4 is 11.1 Å². The fourth-order valence-electron chi connectivity index (χ4n) is 2.28. The van der Waals surface area contributed by atoms with E-state index in [1.807, 2.05) is 0 Å². The van der Waals surface area contributed by atoms with Crippen molar-refractivity contribution < 1.29 is 4.79 Å². The Morgan fingerprint density at radius 1 is 1.30 bits per heavy atom. The highest BCUT2D eigenvalue weighted by molar-refractivity contribution is 5.92. The summed E-state index contributed by atoms with van der Waals surface area (Å²) in [6.45, 7) is 6.17. The maximum Gasteiger partial charge on any atom is 0.227 e. The van der Waals surface area contributed by atoms with Gasteiger partial charge in [-0.1, -0.05) is 20.8 Å². The summed E-state index contributed by atoms with van der Waals surface area (Å²) in [6.07, 6.45) is 5.90. The molecule has 0 saturated heterocycles. The predicted molar refractivity (Wildman–Crippen MR) is 81.9 cm³/mol. The molecule has 112 valence electrons. The highest BCUT2D eigenvalue weighted by atomic mass is 35.5. The van der Waals surface area contributed by atoms with E-state index in [0.717, 1.165) is 25.1 Å². The second kappa shape index (κ2) is 6.50. The van der Waals surface area contributed by atoms with Gasteiger partial charge >= 0.3 is 0 Å². The highest BCUT2D eigenvalue weighted by Crippen LogP contribution is 2.25. The summed E-state index contributed by atoms with van der Waals surface area (Å²) >= 11 is 0. The van der Waals surface area contributed by atoms with Crippen molar-refractivity contribution in [2.24, 2.45) is 11.7 Å². The van der Waals surface area contributed by atoms with Gasteiger partial charge in [-0.2, -0.15) is 0 Å². The van der Waals surface area contributed by atoms with E-state index in [1.54, 1.807) is 12.4 Å². The zero-order valence-corrected chi connectivity index (χ0v) is 13.0. The largest absolute Gasteiger partial charge is 0.328 e. The summed E-state index contributed by atoms with van der Waals surface area (Å²) in [6, 6.07) is 0.162. The third kappa shape index (κ3) is 4.15. The molecule has 2 unspecified atom stereocenters. The molecule has 0 bridgehead atoms. The monoisotopic (exact) mass is 298 g/mol. The smallest absolute Gasteiger partial charge is 0.227 e. The number of halogens is 1. The first-order chi connectivity index (χ1) is 8.86. The molecule has 0 radical (unpaired) electrons. The normalized spacial score (nSPS) is 22.2. The second-order valence-corrected chi connectivity index (χ2v) is 6.30. The van der Waals surface area contributed by atoms with Gasteiger partial charge in [-0.05, 0) is 19.3 Å². The minimum absolute atomic E-state index is 0. The summed E-state index contributed by atoms with van der Waals surface area (Å²) in [5.74, 6) is 0.825. The number of rotatable bonds is 2. The molecular weight excluding hydrogens is 276 g/mol. The van der Waals surface area contributed by atoms with Crippen LogP contribution in [0.4, 0.5) is 5.69 Å². The fraction of sp³-hybridized carbons (Fsp3) is 0.643. The van der Waals surface area contributed by atoms with Crippen LogP contribution in [0.2, 0.25) is 0 Å². The van der Waals surface area contributed by atoms with Crippen molar-refractivity contribution in [1.82, 2.24) is 9.97 Å². The standard InChI is InChI=1S/C14H22N4O.ClH/c1-14(2,3)13-16-7-11(8-17-13)18-12(19)9-4-5-10(15)6-9;/h7-10H,4-6,15H2,1-3H3,(H,18,19);1H. The first kappa shape index (κ1) is 16.9. The minimum atomic E-state index is -0.0826. The Balaban J connectivity index is 0.00000200. The number of nitrogens with two attached hydrogens (primary N) is 1. The van der Waals surface area contributed by atoms with E-state index < -0.39 is 0 Å². The molecule has 2 atom stereocenters. The van der Waals surface area contributed by atoms with Crippen molar-refractivity contribution in [1.29, 1.82) is 0 Å². The molecule has 1 aromatic rings. The average molecular weight is 299 g/mol. The van der Waals surface area contributed by atoms with Crippen LogP contribution in [0.5, 0.6) is 0 Å². The summed E-state index contributed by atoms with van der Waals surface area (Å²) in [5.41, 5.74) is 6.39. The van der Waals surface area contributed by atoms with Gasteiger partial charge in [0.2, 0.25) is 5.91 Å². The van der Waals surface area contributed by atoms with Crippen LogP contribution >= 0.6 is 12.4 Å². The fourth-order valence-corrected chi connectivity index (χ4v) is 2.28. The van der Waals surface area contributed by atoms with Crippen LogP contribution in [-0.4, -0.2) is 21.9 Å². The van der Waals surface area contributed by atoms with Crippen LogP contribution in [0, 0.1) is 5.92 Å². The number of hydrogen-bond donors (Lipinski definition) is 2. The summed E-state index contributed by atoms with van der Waals surface area (Å²) < 4.78 is 0. The summed E-state index contributed by atoms with van der Waals surface area (Å²) in [4.78, 5) is 20.6. The van der Waals surface area contributed by atoms with Gasteiger partial charge in [0, 0.05) is 17.4 Å². The number of hydrogen-bond acceptors (Lipinski definition) is 4. The molecule has 1 saturated carbocycles. The molecule has 3 N–H and O–H groups in total. The van der Waals surface area contributed by atoms with Crippen LogP contribution in [0.25, 0.3) is 0 Å². The molecule has 1 heterocycles. The third-order valence-electron chi connectivity index (χ3n) is 3.43. The van der Waals surface area contributed by atoms with Gasteiger partial charge in [0.15, 0.2) is 0 Å². The van der Waals surface area contributed by atoms with E-state index in [1.165, 1.54) is 0 Å². The van der Waals surface area contributed by atoms with Crippen LogP contribution in [0.1, 0.15) is 45.9 Å². The zero-order valence-electron chi connectivity index (χ0n) is 12.2. The third-order valence-corrected chi connectivity index (χ3v) is 3.43. The van der Waals surface area contributed by atoms with Crippen molar-refractivity contribution in [3.05, 3.63) is 18.2 Å². The molecule has 1 aliphatic carbocycles. The number of nitrogens with zero attached hydrogens (tertiary/aromatic N) is 2. The lowest BCUT2D eigenvalue weighted by atomic mass is 9.96. The Morgan fingerprint density at radius 2 is 1.90 bits per heavy atom. The van der Waals surface area contributed by atoms with E-state index in [2.05, 4.69) is 36.1 Å². The lowest BCUT2D eigenvalue weighted by Gasteiger charge is -2.16. The van der Waals surface area contributed by atoms with Crippen LogP contribution in [0.3, 0.4) is 0 Å². The predicted octanol–water partition coefficient (Wildman–Crippen LogP) is 2.26.